The SMILES string of the molecule is COCC(NC(=O)OC(C)(C)C)c1ccc(C)o1. The van der Waals surface area contributed by atoms with Gasteiger partial charge in [-0.15, -0.1) is 0 Å². The van der Waals surface area contributed by atoms with E-state index in [4.69, 9.17) is 13.9 Å². The lowest BCUT2D eigenvalue weighted by molar-refractivity contribution is 0.0456. The Morgan fingerprint density at radius 2 is 2.11 bits per heavy atom. The van der Waals surface area contributed by atoms with Crippen LogP contribution in [0.15, 0.2) is 16.5 Å². The molecule has 0 fully saturated rings. The summed E-state index contributed by atoms with van der Waals surface area (Å²) in [4.78, 5) is 11.7. The Balaban J connectivity index is 2.66. The van der Waals surface area contributed by atoms with E-state index in [9.17, 15) is 4.79 Å². The highest BCUT2D eigenvalue weighted by molar-refractivity contribution is 5.68. The number of carbonyl (C=O) groups is 1. The lowest BCUT2D eigenvalue weighted by Crippen LogP contribution is -2.36. The number of rotatable bonds is 4. The fraction of sp³-hybridized carbons (Fsp3) is 0.615. The first kappa shape index (κ1) is 14.6. The second kappa shape index (κ2) is 5.91. The van der Waals surface area contributed by atoms with E-state index in [-0.39, 0.29) is 6.04 Å². The van der Waals surface area contributed by atoms with Gasteiger partial charge in [0.1, 0.15) is 23.2 Å². The maximum absolute atomic E-state index is 11.7. The highest BCUT2D eigenvalue weighted by Gasteiger charge is 2.22. The Morgan fingerprint density at radius 1 is 1.44 bits per heavy atom. The molecular formula is C13H21NO4. The Kier molecular flexibility index (Phi) is 4.78. The third kappa shape index (κ3) is 4.79. The molecule has 0 aliphatic heterocycles. The molecule has 5 nitrogen and oxygen atoms in total. The monoisotopic (exact) mass is 255 g/mol. The van der Waals surface area contributed by atoms with Crippen molar-refractivity contribution in [2.24, 2.45) is 0 Å². The summed E-state index contributed by atoms with van der Waals surface area (Å²) >= 11 is 0. The number of aryl methyl sites for hydroxylation is 1. The molecule has 0 spiro atoms. The quantitative estimate of drug-likeness (QED) is 0.898. The fourth-order valence-corrected chi connectivity index (χ4v) is 1.45. The predicted molar refractivity (Wildman–Crippen MR) is 67.4 cm³/mol. The molecule has 1 rings (SSSR count). The first-order chi connectivity index (χ1) is 8.31. The van der Waals surface area contributed by atoms with Gasteiger partial charge in [-0.25, -0.2) is 4.79 Å². The fourth-order valence-electron chi connectivity index (χ4n) is 1.45. The van der Waals surface area contributed by atoms with Crippen LogP contribution in [-0.4, -0.2) is 25.4 Å². The summed E-state index contributed by atoms with van der Waals surface area (Å²) in [5.41, 5.74) is -0.527. The molecule has 1 N–H and O–H groups in total. The normalized spacial score (nSPS) is 13.2. The van der Waals surface area contributed by atoms with Crippen LogP contribution in [0.25, 0.3) is 0 Å². The number of ether oxygens (including phenoxy) is 2. The number of alkyl carbamates (subject to hydrolysis) is 1. The second-order valence-corrected chi connectivity index (χ2v) is 5.10. The number of methoxy groups -OCH3 is 1. The van der Waals surface area contributed by atoms with Gasteiger partial charge in [0.05, 0.1) is 6.61 Å². The minimum Gasteiger partial charge on any atom is -0.464 e. The van der Waals surface area contributed by atoms with E-state index in [0.29, 0.717) is 12.4 Å². The minimum atomic E-state index is -0.527. The number of furan rings is 1. The van der Waals surface area contributed by atoms with Crippen molar-refractivity contribution < 1.29 is 18.7 Å². The summed E-state index contributed by atoms with van der Waals surface area (Å²) in [6, 6.07) is 3.31. The number of hydrogen-bond acceptors (Lipinski definition) is 4. The second-order valence-electron chi connectivity index (χ2n) is 5.10. The van der Waals surface area contributed by atoms with Gasteiger partial charge in [0.15, 0.2) is 0 Å². The van der Waals surface area contributed by atoms with E-state index in [0.717, 1.165) is 5.76 Å². The number of nitrogens with one attached hydrogen (secondary N) is 1. The molecule has 0 saturated heterocycles. The van der Waals surface area contributed by atoms with Crippen molar-refractivity contribution in [1.29, 1.82) is 0 Å². The summed E-state index contributed by atoms with van der Waals surface area (Å²) in [6.45, 7) is 7.62. The predicted octanol–water partition coefficient (Wildman–Crippen LogP) is 2.80. The molecule has 0 aliphatic carbocycles. The lowest BCUT2D eigenvalue weighted by atomic mass is 10.2. The van der Waals surface area contributed by atoms with Crippen molar-refractivity contribution in [3.8, 4) is 0 Å². The molecule has 1 heterocycles. The molecule has 5 heteroatoms. The van der Waals surface area contributed by atoms with Crippen LogP contribution in [0, 0.1) is 6.92 Å². The van der Waals surface area contributed by atoms with Crippen molar-refractivity contribution in [2.75, 3.05) is 13.7 Å². The molecule has 1 unspecified atom stereocenters. The van der Waals surface area contributed by atoms with Gasteiger partial charge < -0.3 is 19.2 Å². The summed E-state index contributed by atoms with van der Waals surface area (Å²) < 4.78 is 15.7. The number of amides is 1. The Morgan fingerprint density at radius 3 is 2.56 bits per heavy atom. The third-order valence-corrected chi connectivity index (χ3v) is 2.13. The highest BCUT2D eigenvalue weighted by Crippen LogP contribution is 2.17. The number of carbonyl (C=O) groups excluding carboxylic acids is 1. The molecule has 1 amide bonds. The van der Waals surface area contributed by atoms with Crippen LogP contribution in [0.1, 0.15) is 38.3 Å². The van der Waals surface area contributed by atoms with E-state index in [1.54, 1.807) is 7.11 Å². The van der Waals surface area contributed by atoms with Crippen LogP contribution in [0.4, 0.5) is 4.79 Å². The van der Waals surface area contributed by atoms with Crippen LogP contribution < -0.4 is 5.32 Å². The van der Waals surface area contributed by atoms with E-state index < -0.39 is 11.7 Å². The van der Waals surface area contributed by atoms with Crippen LogP contribution in [-0.2, 0) is 9.47 Å². The van der Waals surface area contributed by atoms with Gasteiger partial charge in [0, 0.05) is 7.11 Å². The zero-order valence-electron chi connectivity index (χ0n) is 11.6. The molecule has 0 aromatic carbocycles. The summed E-state index contributed by atoms with van der Waals surface area (Å²) in [7, 11) is 1.57. The number of hydrogen-bond donors (Lipinski definition) is 1. The van der Waals surface area contributed by atoms with E-state index in [1.807, 2.05) is 39.8 Å². The average molecular weight is 255 g/mol. The zero-order chi connectivity index (χ0) is 13.8. The molecule has 18 heavy (non-hydrogen) atoms. The van der Waals surface area contributed by atoms with E-state index in [2.05, 4.69) is 5.32 Å². The molecule has 0 saturated carbocycles. The van der Waals surface area contributed by atoms with Gasteiger partial charge >= 0.3 is 6.09 Å². The van der Waals surface area contributed by atoms with Crippen LogP contribution in [0.3, 0.4) is 0 Å². The first-order valence-electron chi connectivity index (χ1n) is 5.86. The minimum absolute atomic E-state index is 0.326. The topological polar surface area (TPSA) is 60.7 Å². The molecule has 0 radical (unpaired) electrons. The summed E-state index contributed by atoms with van der Waals surface area (Å²) in [5.74, 6) is 1.44. The molecule has 1 aromatic heterocycles. The third-order valence-electron chi connectivity index (χ3n) is 2.13. The van der Waals surface area contributed by atoms with Crippen LogP contribution in [0.5, 0.6) is 0 Å². The smallest absolute Gasteiger partial charge is 0.408 e. The molecular weight excluding hydrogens is 234 g/mol. The molecule has 1 aromatic rings. The van der Waals surface area contributed by atoms with Crippen LogP contribution in [0.2, 0.25) is 0 Å². The summed E-state index contributed by atoms with van der Waals surface area (Å²) in [5, 5.41) is 2.72. The van der Waals surface area contributed by atoms with Crippen molar-refractivity contribution in [3.63, 3.8) is 0 Å². The summed E-state index contributed by atoms with van der Waals surface area (Å²) in [6.07, 6.45) is -0.487. The Bertz CT molecular complexity index is 392. The van der Waals surface area contributed by atoms with Gasteiger partial charge in [0.2, 0.25) is 0 Å². The molecule has 1 atom stereocenters. The van der Waals surface area contributed by atoms with Crippen molar-refractivity contribution in [2.45, 2.75) is 39.3 Å². The van der Waals surface area contributed by atoms with Crippen molar-refractivity contribution in [1.82, 2.24) is 5.32 Å². The average Bonchev–Trinajstić information content (AvgIpc) is 2.61. The largest absolute Gasteiger partial charge is 0.464 e. The van der Waals surface area contributed by atoms with Crippen molar-refractivity contribution in [3.05, 3.63) is 23.7 Å². The van der Waals surface area contributed by atoms with Gasteiger partial charge in [-0.05, 0) is 39.8 Å². The maximum Gasteiger partial charge on any atom is 0.408 e. The molecule has 0 aliphatic rings. The standard InChI is InChI=1S/C13H21NO4/c1-9-6-7-11(17-9)10(8-16-5)14-12(15)18-13(2,3)4/h6-7,10H,8H2,1-5H3,(H,14,15). The lowest BCUT2D eigenvalue weighted by Gasteiger charge is -2.22. The zero-order valence-corrected chi connectivity index (χ0v) is 11.6. The van der Waals surface area contributed by atoms with Crippen molar-refractivity contribution >= 4 is 6.09 Å². The van der Waals surface area contributed by atoms with E-state index in [1.165, 1.54) is 0 Å². The van der Waals surface area contributed by atoms with E-state index >= 15 is 0 Å². The van der Waals surface area contributed by atoms with Crippen LogP contribution >= 0.6 is 0 Å². The van der Waals surface area contributed by atoms with Gasteiger partial charge in [-0.2, -0.15) is 0 Å². The molecule has 0 bridgehead atoms. The Hall–Kier alpha value is -1.49. The molecule has 102 valence electrons. The highest BCUT2D eigenvalue weighted by atomic mass is 16.6. The maximum atomic E-state index is 11.7. The first-order valence-corrected chi connectivity index (χ1v) is 5.86. The van der Waals surface area contributed by atoms with Gasteiger partial charge in [0.25, 0.3) is 0 Å². The Labute approximate surface area is 107 Å². The van der Waals surface area contributed by atoms with Gasteiger partial charge in [-0.3, -0.25) is 0 Å². The van der Waals surface area contributed by atoms with Gasteiger partial charge in [-0.1, -0.05) is 0 Å².